The van der Waals surface area contributed by atoms with E-state index in [2.05, 4.69) is 38.9 Å². The Morgan fingerprint density at radius 2 is 2.03 bits per heavy atom. The van der Waals surface area contributed by atoms with E-state index in [0.717, 1.165) is 14.9 Å². The van der Waals surface area contributed by atoms with Gasteiger partial charge in [0.2, 0.25) is 0 Å². The molecular weight excluding hydrogens is 483 g/mol. The highest BCUT2D eigenvalue weighted by Crippen LogP contribution is 2.25. The van der Waals surface area contributed by atoms with Gasteiger partial charge < -0.3 is 14.4 Å². The molecule has 1 amide bonds. The third-order valence-corrected chi connectivity index (χ3v) is 5.79. The lowest BCUT2D eigenvalue weighted by Crippen LogP contribution is -2.50. The van der Waals surface area contributed by atoms with E-state index in [9.17, 15) is 4.79 Å². The molecule has 1 fully saturated rings. The van der Waals surface area contributed by atoms with Gasteiger partial charge in [-0.1, -0.05) is 18.2 Å². The van der Waals surface area contributed by atoms with E-state index in [-0.39, 0.29) is 11.9 Å². The Morgan fingerprint density at radius 3 is 2.79 bits per heavy atom. The number of carbonyl (C=O) groups is 1. The summed E-state index contributed by atoms with van der Waals surface area (Å²) in [6.07, 6.45) is 3.92. The summed E-state index contributed by atoms with van der Waals surface area (Å²) in [4.78, 5) is 16.9. The second-order valence-corrected chi connectivity index (χ2v) is 7.90. The predicted molar refractivity (Wildman–Crippen MR) is 116 cm³/mol. The molecule has 0 bridgehead atoms. The Bertz CT molecular complexity index is 993. The third kappa shape index (κ3) is 4.27. The maximum atomic E-state index is 13.5. The molecule has 1 atom stereocenters. The number of morpholine rings is 1. The average Bonchev–Trinajstić information content (AvgIpc) is 3.29. The number of carbonyl (C=O) groups excluding carboxylic acids is 1. The number of benzene rings is 2. The van der Waals surface area contributed by atoms with Crippen molar-refractivity contribution in [2.45, 2.75) is 12.5 Å². The van der Waals surface area contributed by atoms with Crippen molar-refractivity contribution in [1.29, 1.82) is 0 Å². The van der Waals surface area contributed by atoms with Gasteiger partial charge in [-0.25, -0.2) is 0 Å². The summed E-state index contributed by atoms with van der Waals surface area (Å²) in [6, 6.07) is 13.5. The van der Waals surface area contributed by atoms with E-state index < -0.39 is 0 Å². The smallest absolute Gasteiger partial charge is 0.256 e. The summed E-state index contributed by atoms with van der Waals surface area (Å²) in [6.45, 7) is 1.60. The quantitative estimate of drug-likeness (QED) is 0.500. The SMILES string of the molecule is COc1ccc(C[C@@H]2COCCN2C(=O)c2ccccc2-n2nccn2)cc1I. The fourth-order valence-electron chi connectivity index (χ4n) is 3.52. The Labute approximate surface area is 182 Å². The molecule has 7 nitrogen and oxygen atoms in total. The molecule has 1 aliphatic rings. The Balaban J connectivity index is 1.60. The minimum atomic E-state index is -0.0425. The van der Waals surface area contributed by atoms with E-state index in [1.54, 1.807) is 19.5 Å². The minimum absolute atomic E-state index is 0.0330. The Morgan fingerprint density at radius 1 is 1.24 bits per heavy atom. The van der Waals surface area contributed by atoms with Crippen LogP contribution in [0.4, 0.5) is 0 Å². The number of nitrogens with zero attached hydrogens (tertiary/aromatic N) is 4. The molecule has 0 radical (unpaired) electrons. The van der Waals surface area contributed by atoms with Crippen molar-refractivity contribution in [3.63, 3.8) is 0 Å². The van der Waals surface area contributed by atoms with E-state index in [0.29, 0.717) is 37.4 Å². The molecule has 2 aromatic carbocycles. The van der Waals surface area contributed by atoms with Crippen molar-refractivity contribution in [2.24, 2.45) is 0 Å². The summed E-state index contributed by atoms with van der Waals surface area (Å²) in [5, 5.41) is 8.37. The molecule has 4 rings (SSSR count). The summed E-state index contributed by atoms with van der Waals surface area (Å²) < 4.78 is 12.1. The molecule has 150 valence electrons. The van der Waals surface area contributed by atoms with Crippen LogP contribution in [0.15, 0.2) is 54.9 Å². The number of para-hydroxylation sites is 1. The van der Waals surface area contributed by atoms with Crippen LogP contribution in [0.5, 0.6) is 5.75 Å². The van der Waals surface area contributed by atoms with E-state index in [1.807, 2.05) is 41.3 Å². The van der Waals surface area contributed by atoms with Crippen LogP contribution in [-0.2, 0) is 11.2 Å². The van der Waals surface area contributed by atoms with Crippen molar-refractivity contribution in [1.82, 2.24) is 19.9 Å². The predicted octanol–water partition coefficient (Wildman–Crippen LogP) is 2.96. The molecule has 1 aromatic heterocycles. The van der Waals surface area contributed by atoms with Crippen molar-refractivity contribution >= 4 is 28.5 Å². The largest absolute Gasteiger partial charge is 0.496 e. The molecule has 2 heterocycles. The molecule has 3 aromatic rings. The van der Waals surface area contributed by atoms with Gasteiger partial charge in [-0.05, 0) is 58.8 Å². The van der Waals surface area contributed by atoms with Gasteiger partial charge >= 0.3 is 0 Å². The van der Waals surface area contributed by atoms with E-state index in [1.165, 1.54) is 4.80 Å². The fourth-order valence-corrected chi connectivity index (χ4v) is 4.32. The van der Waals surface area contributed by atoms with Crippen molar-refractivity contribution in [3.05, 3.63) is 69.6 Å². The second-order valence-electron chi connectivity index (χ2n) is 6.74. The summed E-state index contributed by atoms with van der Waals surface area (Å²) in [7, 11) is 1.67. The molecule has 0 spiro atoms. The number of halogens is 1. The highest BCUT2D eigenvalue weighted by atomic mass is 127. The van der Waals surface area contributed by atoms with Crippen LogP contribution in [-0.4, -0.2) is 58.7 Å². The number of rotatable bonds is 5. The number of ether oxygens (including phenoxy) is 2. The van der Waals surface area contributed by atoms with Gasteiger partial charge in [0.15, 0.2) is 0 Å². The number of methoxy groups -OCH3 is 1. The van der Waals surface area contributed by atoms with E-state index in [4.69, 9.17) is 9.47 Å². The van der Waals surface area contributed by atoms with E-state index >= 15 is 0 Å². The maximum Gasteiger partial charge on any atom is 0.256 e. The molecule has 0 aliphatic carbocycles. The monoisotopic (exact) mass is 504 g/mol. The maximum absolute atomic E-state index is 13.5. The lowest BCUT2D eigenvalue weighted by atomic mass is 10.0. The van der Waals surface area contributed by atoms with Crippen LogP contribution in [0.1, 0.15) is 15.9 Å². The zero-order valence-corrected chi connectivity index (χ0v) is 18.2. The molecular formula is C21H21IN4O3. The van der Waals surface area contributed by atoms with Gasteiger partial charge in [0.05, 0.1) is 53.6 Å². The summed E-state index contributed by atoms with van der Waals surface area (Å²) >= 11 is 2.26. The molecule has 0 unspecified atom stereocenters. The van der Waals surface area contributed by atoms with Crippen molar-refractivity contribution in [3.8, 4) is 11.4 Å². The van der Waals surface area contributed by atoms with Crippen LogP contribution in [0, 0.1) is 3.57 Å². The van der Waals surface area contributed by atoms with Crippen molar-refractivity contribution < 1.29 is 14.3 Å². The molecule has 1 saturated heterocycles. The first-order valence-electron chi connectivity index (χ1n) is 9.34. The van der Waals surface area contributed by atoms with Gasteiger partial charge in [-0.2, -0.15) is 15.0 Å². The first kappa shape index (κ1) is 19.8. The van der Waals surface area contributed by atoms with Crippen LogP contribution >= 0.6 is 22.6 Å². The first-order valence-corrected chi connectivity index (χ1v) is 10.4. The molecule has 0 N–H and O–H groups in total. The molecule has 0 saturated carbocycles. The van der Waals surface area contributed by atoms with Gasteiger partial charge in [0.1, 0.15) is 5.75 Å². The topological polar surface area (TPSA) is 69.5 Å². The second kappa shape index (κ2) is 8.91. The standard InChI is InChI=1S/C21H21IN4O3/c1-28-20-7-6-15(13-18(20)22)12-16-14-29-11-10-25(16)21(27)17-4-2-3-5-19(17)26-23-8-9-24-26/h2-9,13,16H,10-12,14H2,1H3/t16-/m1/s1. The van der Waals surface area contributed by atoms with Crippen LogP contribution in [0.3, 0.4) is 0 Å². The van der Waals surface area contributed by atoms with Crippen molar-refractivity contribution in [2.75, 3.05) is 26.9 Å². The number of amides is 1. The molecule has 29 heavy (non-hydrogen) atoms. The van der Waals surface area contributed by atoms with Gasteiger partial charge in [-0.15, -0.1) is 0 Å². The van der Waals surface area contributed by atoms with Gasteiger partial charge in [0, 0.05) is 6.54 Å². The summed E-state index contributed by atoms with van der Waals surface area (Å²) in [5.41, 5.74) is 2.40. The average molecular weight is 504 g/mol. The number of aromatic nitrogens is 3. The zero-order valence-electron chi connectivity index (χ0n) is 16.0. The number of hydrogen-bond acceptors (Lipinski definition) is 5. The highest BCUT2D eigenvalue weighted by Gasteiger charge is 2.30. The zero-order chi connectivity index (χ0) is 20.2. The normalized spacial score (nSPS) is 16.6. The summed E-state index contributed by atoms with van der Waals surface area (Å²) in [5.74, 6) is 0.817. The van der Waals surface area contributed by atoms with Crippen LogP contribution in [0.2, 0.25) is 0 Å². The fraction of sp³-hybridized carbons (Fsp3) is 0.286. The lowest BCUT2D eigenvalue weighted by Gasteiger charge is -2.36. The lowest BCUT2D eigenvalue weighted by molar-refractivity contribution is -0.00165. The minimum Gasteiger partial charge on any atom is -0.496 e. The van der Waals surface area contributed by atoms with Crippen LogP contribution < -0.4 is 4.74 Å². The Hall–Kier alpha value is -2.46. The Kier molecular flexibility index (Phi) is 6.10. The van der Waals surface area contributed by atoms with Gasteiger partial charge in [-0.3, -0.25) is 4.79 Å². The highest BCUT2D eigenvalue weighted by molar-refractivity contribution is 14.1. The molecule has 1 aliphatic heterocycles. The first-order chi connectivity index (χ1) is 14.2. The number of hydrogen-bond donors (Lipinski definition) is 0. The van der Waals surface area contributed by atoms with Gasteiger partial charge in [0.25, 0.3) is 5.91 Å². The van der Waals surface area contributed by atoms with Crippen LogP contribution in [0.25, 0.3) is 5.69 Å². The third-order valence-electron chi connectivity index (χ3n) is 4.94. The molecule has 8 heteroatoms.